The first-order chi connectivity index (χ1) is 8.08. The minimum absolute atomic E-state index is 0.00964. The SMILES string of the molecule is CSC(CO)C(C)NC(=O)c1ccc(F)nc1. The minimum Gasteiger partial charge on any atom is -0.395 e. The van der Waals surface area contributed by atoms with Gasteiger partial charge in [-0.05, 0) is 25.3 Å². The number of aliphatic hydroxyl groups is 1. The molecule has 94 valence electrons. The molecular formula is C11H15FN2O2S. The third-order valence-corrected chi connectivity index (χ3v) is 3.55. The van der Waals surface area contributed by atoms with Crippen molar-refractivity contribution in [1.29, 1.82) is 0 Å². The summed E-state index contributed by atoms with van der Waals surface area (Å²) in [5.41, 5.74) is 0.302. The van der Waals surface area contributed by atoms with Crippen LogP contribution in [-0.2, 0) is 0 Å². The molecule has 1 heterocycles. The number of pyridine rings is 1. The molecule has 0 spiro atoms. The summed E-state index contributed by atoms with van der Waals surface area (Å²) in [5, 5.41) is 11.8. The summed E-state index contributed by atoms with van der Waals surface area (Å²) in [6.45, 7) is 1.80. The standard InChI is InChI=1S/C11H15FN2O2S/c1-7(9(6-15)17-2)14-11(16)8-3-4-10(12)13-5-8/h3-5,7,9,15H,6H2,1-2H3,(H,14,16). The van der Waals surface area contributed by atoms with E-state index in [9.17, 15) is 9.18 Å². The highest BCUT2D eigenvalue weighted by Gasteiger charge is 2.18. The normalized spacial score (nSPS) is 14.1. The number of hydrogen-bond donors (Lipinski definition) is 2. The second-order valence-electron chi connectivity index (χ2n) is 3.59. The van der Waals surface area contributed by atoms with Gasteiger partial charge in [0.1, 0.15) is 0 Å². The molecule has 6 heteroatoms. The first-order valence-corrected chi connectivity index (χ1v) is 6.43. The molecule has 0 fully saturated rings. The van der Waals surface area contributed by atoms with Crippen molar-refractivity contribution < 1.29 is 14.3 Å². The van der Waals surface area contributed by atoms with Gasteiger partial charge in [0.15, 0.2) is 0 Å². The van der Waals surface area contributed by atoms with Crippen molar-refractivity contribution >= 4 is 17.7 Å². The van der Waals surface area contributed by atoms with E-state index >= 15 is 0 Å². The van der Waals surface area contributed by atoms with Crippen molar-refractivity contribution in [1.82, 2.24) is 10.3 Å². The zero-order chi connectivity index (χ0) is 12.8. The largest absolute Gasteiger partial charge is 0.395 e. The lowest BCUT2D eigenvalue weighted by molar-refractivity contribution is 0.0935. The van der Waals surface area contributed by atoms with Crippen LogP contribution in [0.2, 0.25) is 0 Å². The predicted molar refractivity (Wildman–Crippen MR) is 65.5 cm³/mol. The molecule has 1 aromatic heterocycles. The number of nitrogens with one attached hydrogen (secondary N) is 1. The van der Waals surface area contributed by atoms with E-state index in [0.717, 1.165) is 6.07 Å². The first kappa shape index (κ1) is 13.9. The fourth-order valence-electron chi connectivity index (χ4n) is 1.33. The molecule has 0 aromatic carbocycles. The number of aromatic nitrogens is 1. The quantitative estimate of drug-likeness (QED) is 0.775. The summed E-state index contributed by atoms with van der Waals surface area (Å²) in [5.74, 6) is -0.940. The van der Waals surface area contributed by atoms with E-state index in [1.807, 2.05) is 13.2 Å². The molecule has 0 aliphatic carbocycles. The number of halogens is 1. The summed E-state index contributed by atoms with van der Waals surface area (Å²) < 4.78 is 12.6. The first-order valence-electron chi connectivity index (χ1n) is 5.14. The number of thioether (sulfide) groups is 1. The number of amides is 1. The van der Waals surface area contributed by atoms with Crippen molar-refractivity contribution in [2.45, 2.75) is 18.2 Å². The van der Waals surface area contributed by atoms with Gasteiger partial charge in [0.05, 0.1) is 12.2 Å². The van der Waals surface area contributed by atoms with Gasteiger partial charge in [-0.2, -0.15) is 16.2 Å². The van der Waals surface area contributed by atoms with E-state index in [2.05, 4.69) is 10.3 Å². The third-order valence-electron chi connectivity index (χ3n) is 2.39. The van der Waals surface area contributed by atoms with Gasteiger partial charge in [-0.1, -0.05) is 0 Å². The average Bonchev–Trinajstić information content (AvgIpc) is 2.31. The fourth-order valence-corrected chi connectivity index (χ4v) is 1.96. The summed E-state index contributed by atoms with van der Waals surface area (Å²) in [6.07, 6.45) is 3.05. The van der Waals surface area contributed by atoms with E-state index in [0.29, 0.717) is 5.56 Å². The highest BCUT2D eigenvalue weighted by Crippen LogP contribution is 2.11. The highest BCUT2D eigenvalue weighted by atomic mass is 32.2. The third kappa shape index (κ3) is 3.98. The topological polar surface area (TPSA) is 62.2 Å². The van der Waals surface area contributed by atoms with E-state index in [4.69, 9.17) is 5.11 Å². The number of hydrogen-bond acceptors (Lipinski definition) is 4. The van der Waals surface area contributed by atoms with Crippen LogP contribution in [0.15, 0.2) is 18.3 Å². The van der Waals surface area contributed by atoms with E-state index in [1.165, 1.54) is 24.0 Å². The summed E-state index contributed by atoms with van der Waals surface area (Å²) >= 11 is 1.48. The molecule has 0 radical (unpaired) electrons. The second kappa shape index (κ2) is 6.56. The number of aliphatic hydroxyl groups excluding tert-OH is 1. The van der Waals surface area contributed by atoms with Crippen molar-refractivity contribution in [2.24, 2.45) is 0 Å². The summed E-state index contributed by atoms with van der Waals surface area (Å²) in [6, 6.07) is 2.34. The van der Waals surface area contributed by atoms with Crippen LogP contribution in [0.3, 0.4) is 0 Å². The molecule has 0 saturated heterocycles. The molecule has 2 unspecified atom stereocenters. The minimum atomic E-state index is -0.619. The van der Waals surface area contributed by atoms with Gasteiger partial charge >= 0.3 is 0 Å². The molecular weight excluding hydrogens is 243 g/mol. The van der Waals surface area contributed by atoms with Crippen molar-refractivity contribution in [3.8, 4) is 0 Å². The Kier molecular flexibility index (Phi) is 5.37. The number of nitrogens with zero attached hydrogens (tertiary/aromatic N) is 1. The maximum Gasteiger partial charge on any atom is 0.253 e. The van der Waals surface area contributed by atoms with E-state index in [-0.39, 0.29) is 23.8 Å². The molecule has 0 saturated carbocycles. The van der Waals surface area contributed by atoms with Crippen LogP contribution < -0.4 is 5.32 Å². The lowest BCUT2D eigenvalue weighted by atomic mass is 10.2. The molecule has 17 heavy (non-hydrogen) atoms. The predicted octanol–water partition coefficient (Wildman–Crippen LogP) is 1.06. The maximum atomic E-state index is 12.6. The molecule has 0 aliphatic rings. The van der Waals surface area contributed by atoms with Crippen LogP contribution in [0, 0.1) is 5.95 Å². The maximum absolute atomic E-state index is 12.6. The fraction of sp³-hybridized carbons (Fsp3) is 0.455. The number of carbonyl (C=O) groups excluding carboxylic acids is 1. The zero-order valence-corrected chi connectivity index (χ0v) is 10.5. The average molecular weight is 258 g/mol. The van der Waals surface area contributed by atoms with Gasteiger partial charge < -0.3 is 10.4 Å². The van der Waals surface area contributed by atoms with Gasteiger partial charge in [0.2, 0.25) is 5.95 Å². The molecule has 1 amide bonds. The van der Waals surface area contributed by atoms with Crippen LogP contribution in [0.1, 0.15) is 17.3 Å². The van der Waals surface area contributed by atoms with Crippen LogP contribution >= 0.6 is 11.8 Å². The van der Waals surface area contributed by atoms with Crippen LogP contribution in [0.4, 0.5) is 4.39 Å². The van der Waals surface area contributed by atoms with Gasteiger partial charge in [0.25, 0.3) is 5.91 Å². The lowest BCUT2D eigenvalue weighted by Crippen LogP contribution is -2.41. The van der Waals surface area contributed by atoms with Crippen molar-refractivity contribution in [2.75, 3.05) is 12.9 Å². The summed E-state index contributed by atoms with van der Waals surface area (Å²) in [4.78, 5) is 15.1. The Hall–Kier alpha value is -1.14. The molecule has 2 atom stereocenters. The Morgan fingerprint density at radius 1 is 1.65 bits per heavy atom. The van der Waals surface area contributed by atoms with Crippen LogP contribution in [0.5, 0.6) is 0 Å². The number of carbonyl (C=O) groups is 1. The molecule has 1 aromatic rings. The lowest BCUT2D eigenvalue weighted by Gasteiger charge is -2.21. The van der Waals surface area contributed by atoms with Gasteiger partial charge in [-0.25, -0.2) is 4.98 Å². The Morgan fingerprint density at radius 3 is 2.82 bits per heavy atom. The zero-order valence-electron chi connectivity index (χ0n) is 9.68. The molecule has 0 aliphatic heterocycles. The van der Waals surface area contributed by atoms with E-state index < -0.39 is 5.95 Å². The molecule has 4 nitrogen and oxygen atoms in total. The Balaban J connectivity index is 2.62. The van der Waals surface area contributed by atoms with Gasteiger partial charge in [0, 0.05) is 17.5 Å². The van der Waals surface area contributed by atoms with Crippen molar-refractivity contribution in [3.05, 3.63) is 29.8 Å². The highest BCUT2D eigenvalue weighted by molar-refractivity contribution is 7.99. The smallest absolute Gasteiger partial charge is 0.253 e. The second-order valence-corrected chi connectivity index (χ2v) is 4.67. The summed E-state index contributed by atoms with van der Waals surface area (Å²) in [7, 11) is 0. The molecule has 2 N–H and O–H groups in total. The monoisotopic (exact) mass is 258 g/mol. The van der Waals surface area contributed by atoms with Crippen LogP contribution in [-0.4, -0.2) is 40.2 Å². The number of rotatable bonds is 5. The Labute approximate surface area is 104 Å². The van der Waals surface area contributed by atoms with Gasteiger partial charge in [-0.15, -0.1) is 0 Å². The Morgan fingerprint density at radius 2 is 2.35 bits per heavy atom. The molecule has 0 bridgehead atoms. The van der Waals surface area contributed by atoms with Crippen molar-refractivity contribution in [3.63, 3.8) is 0 Å². The van der Waals surface area contributed by atoms with Crippen LogP contribution in [0.25, 0.3) is 0 Å². The Bertz CT molecular complexity index is 368. The molecule has 1 rings (SSSR count). The van der Waals surface area contributed by atoms with E-state index in [1.54, 1.807) is 0 Å². The van der Waals surface area contributed by atoms with Gasteiger partial charge in [-0.3, -0.25) is 4.79 Å².